The minimum absolute atomic E-state index is 0.501. The molecule has 1 aromatic heterocycles. The van der Waals surface area contributed by atoms with Gasteiger partial charge in [0.1, 0.15) is 0 Å². The number of aromatic nitrogens is 2. The smallest absolute Gasteiger partial charge is 0.247 e. The van der Waals surface area contributed by atoms with Gasteiger partial charge < -0.3 is 9.73 Å². The van der Waals surface area contributed by atoms with E-state index in [2.05, 4.69) is 45.0 Å². The van der Waals surface area contributed by atoms with Gasteiger partial charge in [0.05, 0.1) is 11.6 Å². The summed E-state index contributed by atoms with van der Waals surface area (Å²) in [5.74, 6) is 1.09. The van der Waals surface area contributed by atoms with Gasteiger partial charge in [0.15, 0.2) is 0 Å². The van der Waals surface area contributed by atoms with Gasteiger partial charge >= 0.3 is 0 Å². The van der Waals surface area contributed by atoms with Crippen LogP contribution in [0.1, 0.15) is 19.2 Å². The van der Waals surface area contributed by atoms with Crippen molar-refractivity contribution in [2.75, 3.05) is 6.54 Å². The number of nitrogens with zero attached hydrogens (tertiary/aromatic N) is 2. The lowest BCUT2D eigenvalue weighted by molar-refractivity contribution is 0.477. The average Bonchev–Trinajstić information content (AvgIpc) is 2.82. The summed E-state index contributed by atoms with van der Waals surface area (Å²) in [6, 6.07) is 5.68. The Balaban J connectivity index is 2.11. The molecule has 0 saturated carbocycles. The van der Waals surface area contributed by atoms with Gasteiger partial charge in [-0.15, -0.1) is 10.2 Å². The Morgan fingerprint density at radius 1 is 1.39 bits per heavy atom. The standard InChI is InChI=1S/C12H13ClIN3O/c1-2-5-15-7-11-16-17-12(18-11)8-3-4-10(14)9(13)6-8/h3-4,6,15H,2,5,7H2,1H3. The molecule has 0 bridgehead atoms. The lowest BCUT2D eigenvalue weighted by Crippen LogP contribution is -2.13. The third-order valence-electron chi connectivity index (χ3n) is 2.34. The fourth-order valence-electron chi connectivity index (χ4n) is 1.44. The molecule has 18 heavy (non-hydrogen) atoms. The molecule has 4 nitrogen and oxygen atoms in total. The van der Waals surface area contributed by atoms with Crippen LogP contribution >= 0.6 is 34.2 Å². The Hall–Kier alpha value is -0.660. The van der Waals surface area contributed by atoms with Crippen LogP contribution in [-0.2, 0) is 6.54 Å². The van der Waals surface area contributed by atoms with Gasteiger partial charge in [-0.1, -0.05) is 18.5 Å². The molecule has 1 aromatic carbocycles. The molecule has 96 valence electrons. The molecule has 0 atom stereocenters. The van der Waals surface area contributed by atoms with Crippen molar-refractivity contribution >= 4 is 34.2 Å². The summed E-state index contributed by atoms with van der Waals surface area (Å²) in [6.45, 7) is 3.64. The van der Waals surface area contributed by atoms with Crippen LogP contribution in [0.3, 0.4) is 0 Å². The number of benzene rings is 1. The Labute approximate surface area is 124 Å². The van der Waals surface area contributed by atoms with E-state index in [0.717, 1.165) is 22.1 Å². The predicted molar refractivity (Wildman–Crippen MR) is 79.5 cm³/mol. The van der Waals surface area contributed by atoms with Gasteiger partial charge in [-0.2, -0.15) is 0 Å². The molecule has 1 heterocycles. The van der Waals surface area contributed by atoms with Crippen molar-refractivity contribution in [1.29, 1.82) is 0 Å². The first-order valence-electron chi connectivity index (χ1n) is 5.69. The zero-order valence-electron chi connectivity index (χ0n) is 9.91. The molecule has 0 fully saturated rings. The minimum atomic E-state index is 0.501. The molecule has 0 spiro atoms. The van der Waals surface area contributed by atoms with E-state index in [1.54, 1.807) is 0 Å². The SMILES string of the molecule is CCCNCc1nnc(-c2ccc(I)c(Cl)c2)o1. The summed E-state index contributed by atoms with van der Waals surface area (Å²) in [7, 11) is 0. The quantitative estimate of drug-likeness (QED) is 0.640. The highest BCUT2D eigenvalue weighted by atomic mass is 127. The van der Waals surface area contributed by atoms with E-state index >= 15 is 0 Å². The lowest BCUT2D eigenvalue weighted by Gasteiger charge is -1.99. The van der Waals surface area contributed by atoms with Crippen LogP contribution in [-0.4, -0.2) is 16.7 Å². The number of halogens is 2. The maximum absolute atomic E-state index is 6.06. The first-order chi connectivity index (χ1) is 8.70. The molecule has 6 heteroatoms. The fraction of sp³-hybridized carbons (Fsp3) is 0.333. The molecule has 0 saturated heterocycles. The van der Waals surface area contributed by atoms with Crippen LogP contribution in [0.2, 0.25) is 5.02 Å². The number of hydrogen-bond acceptors (Lipinski definition) is 4. The maximum Gasteiger partial charge on any atom is 0.247 e. The minimum Gasteiger partial charge on any atom is -0.419 e. The average molecular weight is 378 g/mol. The van der Waals surface area contributed by atoms with Crippen molar-refractivity contribution < 1.29 is 4.42 Å². The zero-order chi connectivity index (χ0) is 13.0. The molecule has 0 unspecified atom stereocenters. The molecule has 0 aliphatic carbocycles. The molecule has 0 aliphatic rings. The van der Waals surface area contributed by atoms with Crippen molar-refractivity contribution in [3.63, 3.8) is 0 Å². The number of nitrogens with one attached hydrogen (secondary N) is 1. The second-order valence-corrected chi connectivity index (χ2v) is 5.38. The van der Waals surface area contributed by atoms with Crippen molar-refractivity contribution in [2.24, 2.45) is 0 Å². The van der Waals surface area contributed by atoms with E-state index < -0.39 is 0 Å². The first-order valence-corrected chi connectivity index (χ1v) is 7.15. The highest BCUT2D eigenvalue weighted by molar-refractivity contribution is 14.1. The first kappa shape index (κ1) is 13.8. The monoisotopic (exact) mass is 377 g/mol. The van der Waals surface area contributed by atoms with Gasteiger partial charge in [-0.05, 0) is 53.8 Å². The second-order valence-electron chi connectivity index (χ2n) is 3.81. The molecule has 0 aliphatic heterocycles. The molecule has 0 radical (unpaired) electrons. The van der Waals surface area contributed by atoms with Gasteiger partial charge in [0.2, 0.25) is 11.8 Å². The third-order valence-corrected chi connectivity index (χ3v) is 3.91. The number of rotatable bonds is 5. The lowest BCUT2D eigenvalue weighted by atomic mass is 10.2. The Bertz CT molecular complexity index is 530. The van der Waals surface area contributed by atoms with Gasteiger partial charge in [0, 0.05) is 9.13 Å². The topological polar surface area (TPSA) is 51.0 Å². The predicted octanol–water partition coefficient (Wildman–Crippen LogP) is 3.49. The second kappa shape index (κ2) is 6.49. The summed E-state index contributed by atoms with van der Waals surface area (Å²) in [5.41, 5.74) is 0.842. The zero-order valence-corrected chi connectivity index (χ0v) is 12.8. The normalized spacial score (nSPS) is 10.8. The van der Waals surface area contributed by atoms with Gasteiger partial charge in [-0.25, -0.2) is 0 Å². The van der Waals surface area contributed by atoms with E-state index in [9.17, 15) is 0 Å². The molecule has 2 rings (SSSR count). The summed E-state index contributed by atoms with van der Waals surface area (Å²) < 4.78 is 6.57. The van der Waals surface area contributed by atoms with Gasteiger partial charge in [0.25, 0.3) is 0 Å². The summed E-state index contributed by atoms with van der Waals surface area (Å²) in [6.07, 6.45) is 1.08. The van der Waals surface area contributed by atoms with Crippen LogP contribution in [0.4, 0.5) is 0 Å². The Morgan fingerprint density at radius 3 is 2.94 bits per heavy atom. The Morgan fingerprint density at radius 2 is 2.22 bits per heavy atom. The molecular weight excluding hydrogens is 365 g/mol. The maximum atomic E-state index is 6.06. The highest BCUT2D eigenvalue weighted by Crippen LogP contribution is 2.25. The molecular formula is C12H13ClIN3O. The third kappa shape index (κ3) is 3.43. The van der Waals surface area contributed by atoms with E-state index in [1.165, 1.54) is 0 Å². The largest absolute Gasteiger partial charge is 0.419 e. The van der Waals surface area contributed by atoms with Crippen LogP contribution in [0.15, 0.2) is 22.6 Å². The molecule has 2 aromatic rings. The van der Waals surface area contributed by atoms with Gasteiger partial charge in [-0.3, -0.25) is 0 Å². The van der Waals surface area contributed by atoms with Crippen molar-refractivity contribution in [1.82, 2.24) is 15.5 Å². The van der Waals surface area contributed by atoms with E-state index in [1.807, 2.05) is 18.2 Å². The van der Waals surface area contributed by atoms with Crippen LogP contribution in [0, 0.1) is 3.57 Å². The van der Waals surface area contributed by atoms with E-state index in [0.29, 0.717) is 23.3 Å². The summed E-state index contributed by atoms with van der Waals surface area (Å²) in [4.78, 5) is 0. The van der Waals surface area contributed by atoms with Crippen molar-refractivity contribution in [3.8, 4) is 11.5 Å². The summed E-state index contributed by atoms with van der Waals surface area (Å²) >= 11 is 8.24. The molecule has 1 N–H and O–H groups in total. The highest BCUT2D eigenvalue weighted by Gasteiger charge is 2.09. The van der Waals surface area contributed by atoms with Crippen molar-refractivity contribution in [2.45, 2.75) is 19.9 Å². The van der Waals surface area contributed by atoms with Crippen molar-refractivity contribution in [3.05, 3.63) is 32.7 Å². The summed E-state index contributed by atoms with van der Waals surface area (Å²) in [5, 5.41) is 11.9. The fourth-order valence-corrected chi connectivity index (χ4v) is 1.96. The van der Waals surface area contributed by atoms with E-state index in [4.69, 9.17) is 16.0 Å². The number of hydrogen-bond donors (Lipinski definition) is 1. The molecule has 0 amide bonds. The van der Waals surface area contributed by atoms with E-state index in [-0.39, 0.29) is 0 Å². The van der Waals surface area contributed by atoms with Crippen LogP contribution in [0.5, 0.6) is 0 Å². The Kier molecular flexibility index (Phi) is 4.96. The van der Waals surface area contributed by atoms with Crippen LogP contribution < -0.4 is 5.32 Å². The van der Waals surface area contributed by atoms with Crippen LogP contribution in [0.25, 0.3) is 11.5 Å².